The van der Waals surface area contributed by atoms with Crippen molar-refractivity contribution in [3.05, 3.63) is 92.9 Å². The number of aryl methyl sites for hydroxylation is 2. The summed E-state index contributed by atoms with van der Waals surface area (Å²) in [7, 11) is 1.62. The number of hydrogen-bond donors (Lipinski definition) is 0. The molecule has 6 rings (SSSR count). The first-order chi connectivity index (χ1) is 19.4. The van der Waals surface area contributed by atoms with Gasteiger partial charge in [-0.25, -0.2) is 18.7 Å². The number of hydrogen-bond acceptors (Lipinski definition) is 6. The summed E-state index contributed by atoms with van der Waals surface area (Å²) in [4.78, 5) is 33.6. The Morgan fingerprint density at radius 3 is 2.60 bits per heavy atom. The van der Waals surface area contributed by atoms with Gasteiger partial charge in [-0.05, 0) is 80.6 Å². The molecule has 1 aliphatic heterocycles. The highest BCUT2D eigenvalue weighted by Gasteiger charge is 2.25. The second-order valence-electron chi connectivity index (χ2n) is 10.0. The number of aromatic nitrogens is 4. The molecule has 1 aliphatic rings. The zero-order valence-electron chi connectivity index (χ0n) is 22.5. The Morgan fingerprint density at radius 2 is 1.93 bits per heavy atom. The Morgan fingerprint density at radius 1 is 1.12 bits per heavy atom. The van der Waals surface area contributed by atoms with Crippen LogP contribution in [0.1, 0.15) is 30.5 Å². The van der Waals surface area contributed by atoms with E-state index in [1.165, 1.54) is 35.6 Å². The Labute approximate surface area is 233 Å². The fourth-order valence-electron chi connectivity index (χ4n) is 5.34. The molecule has 1 saturated heterocycles. The Bertz CT molecular complexity index is 1830. The van der Waals surface area contributed by atoms with Crippen LogP contribution in [0.5, 0.6) is 5.75 Å². The number of rotatable bonds is 6. The predicted molar refractivity (Wildman–Crippen MR) is 154 cm³/mol. The van der Waals surface area contributed by atoms with Gasteiger partial charge in [-0.1, -0.05) is 6.07 Å². The van der Waals surface area contributed by atoms with Gasteiger partial charge in [-0.3, -0.25) is 9.36 Å². The van der Waals surface area contributed by atoms with Crippen LogP contribution in [0.15, 0.2) is 64.6 Å². The summed E-state index contributed by atoms with van der Waals surface area (Å²) >= 11 is 1.41. The first-order valence-corrected chi connectivity index (χ1v) is 14.0. The van der Waals surface area contributed by atoms with Crippen molar-refractivity contribution < 1.29 is 13.9 Å². The van der Waals surface area contributed by atoms with E-state index in [0.29, 0.717) is 34.8 Å². The van der Waals surface area contributed by atoms with Crippen LogP contribution in [0.2, 0.25) is 0 Å². The van der Waals surface area contributed by atoms with Crippen LogP contribution in [-0.2, 0) is 11.3 Å². The molecule has 3 aromatic heterocycles. The molecule has 0 amide bonds. The van der Waals surface area contributed by atoms with Gasteiger partial charge in [0, 0.05) is 17.7 Å². The van der Waals surface area contributed by atoms with E-state index >= 15 is 0 Å². The minimum absolute atomic E-state index is 0.127. The lowest BCUT2D eigenvalue weighted by Crippen LogP contribution is -2.41. The monoisotopic (exact) mass is 560 g/mol. The standard InChI is InChI=1S/C30H29FN4O4S/c1-18-15-33(17-32-18)24-12-7-20(14-25(24)38-3)27-19(2)26-28(36)35(22-10-8-21(31)9-11-22)30(37)34(29(26)40-27)16-23-6-4-5-13-39-23/h7-12,14-15,17,23H,4-6,13,16H2,1-3H3. The van der Waals surface area contributed by atoms with Gasteiger partial charge >= 0.3 is 5.69 Å². The van der Waals surface area contributed by atoms with E-state index in [2.05, 4.69) is 4.98 Å². The normalized spacial score (nSPS) is 15.6. The van der Waals surface area contributed by atoms with Crippen molar-refractivity contribution in [2.45, 2.75) is 45.8 Å². The molecular formula is C30H29FN4O4S. The van der Waals surface area contributed by atoms with E-state index in [9.17, 15) is 14.0 Å². The summed E-state index contributed by atoms with van der Waals surface area (Å²) in [6.07, 6.45) is 6.39. The largest absolute Gasteiger partial charge is 0.495 e. The molecule has 1 unspecified atom stereocenters. The third-order valence-corrected chi connectivity index (χ3v) is 8.75. The highest BCUT2D eigenvalue weighted by Crippen LogP contribution is 2.39. The van der Waals surface area contributed by atoms with Gasteiger partial charge in [0.05, 0.1) is 48.5 Å². The fraction of sp³-hybridized carbons (Fsp3) is 0.300. The fourth-order valence-corrected chi connectivity index (χ4v) is 6.64. The van der Waals surface area contributed by atoms with Gasteiger partial charge < -0.3 is 14.0 Å². The molecule has 206 valence electrons. The molecule has 0 bridgehead atoms. The number of thiophene rings is 1. The molecule has 0 N–H and O–H groups in total. The second kappa shape index (κ2) is 10.5. The molecule has 4 heterocycles. The molecule has 8 nitrogen and oxygen atoms in total. The zero-order chi connectivity index (χ0) is 28.0. The topological polar surface area (TPSA) is 80.3 Å². The van der Waals surface area contributed by atoms with Gasteiger partial charge in [0.1, 0.15) is 16.4 Å². The molecule has 10 heteroatoms. The van der Waals surface area contributed by atoms with Crippen molar-refractivity contribution in [3.63, 3.8) is 0 Å². The van der Waals surface area contributed by atoms with Crippen molar-refractivity contribution in [2.75, 3.05) is 13.7 Å². The summed E-state index contributed by atoms with van der Waals surface area (Å²) in [6, 6.07) is 11.3. The minimum atomic E-state index is -0.463. The van der Waals surface area contributed by atoms with Crippen LogP contribution in [0.25, 0.3) is 32.0 Å². The van der Waals surface area contributed by atoms with Crippen LogP contribution in [0.4, 0.5) is 4.39 Å². The van der Waals surface area contributed by atoms with Crippen molar-refractivity contribution in [3.8, 4) is 27.6 Å². The number of imidazole rings is 1. The first kappa shape index (κ1) is 26.2. The Kier molecular flexibility index (Phi) is 6.89. The lowest BCUT2D eigenvalue weighted by atomic mass is 10.1. The number of benzene rings is 2. The van der Waals surface area contributed by atoms with Crippen LogP contribution in [-0.4, -0.2) is 38.5 Å². The average molecular weight is 561 g/mol. The number of fused-ring (bicyclic) bond motifs is 1. The van der Waals surface area contributed by atoms with E-state index in [4.69, 9.17) is 9.47 Å². The molecular weight excluding hydrogens is 531 g/mol. The van der Waals surface area contributed by atoms with E-state index in [0.717, 1.165) is 51.2 Å². The highest BCUT2D eigenvalue weighted by molar-refractivity contribution is 7.22. The molecule has 0 aliphatic carbocycles. The van der Waals surface area contributed by atoms with Crippen molar-refractivity contribution in [1.82, 2.24) is 18.7 Å². The first-order valence-electron chi connectivity index (χ1n) is 13.2. The van der Waals surface area contributed by atoms with E-state index in [1.807, 2.05) is 42.8 Å². The zero-order valence-corrected chi connectivity index (χ0v) is 23.3. The van der Waals surface area contributed by atoms with Gasteiger partial charge in [-0.15, -0.1) is 11.3 Å². The molecule has 1 atom stereocenters. The molecule has 5 aromatic rings. The number of methoxy groups -OCH3 is 1. The van der Waals surface area contributed by atoms with Gasteiger partial charge in [-0.2, -0.15) is 0 Å². The van der Waals surface area contributed by atoms with Gasteiger partial charge in [0.25, 0.3) is 5.56 Å². The Hall–Kier alpha value is -4.02. The molecule has 0 spiro atoms. The van der Waals surface area contributed by atoms with Crippen LogP contribution in [0, 0.1) is 19.7 Å². The number of nitrogens with zero attached hydrogens (tertiary/aromatic N) is 4. The lowest BCUT2D eigenvalue weighted by Gasteiger charge is -2.24. The second-order valence-corrected chi connectivity index (χ2v) is 11.0. The van der Waals surface area contributed by atoms with Crippen LogP contribution in [0.3, 0.4) is 0 Å². The minimum Gasteiger partial charge on any atom is -0.495 e. The highest BCUT2D eigenvalue weighted by atomic mass is 32.1. The van der Waals surface area contributed by atoms with Gasteiger partial charge in [0.2, 0.25) is 0 Å². The van der Waals surface area contributed by atoms with E-state index in [1.54, 1.807) is 18.0 Å². The Balaban J connectivity index is 1.56. The summed E-state index contributed by atoms with van der Waals surface area (Å²) in [5.74, 6) is 0.217. The van der Waals surface area contributed by atoms with Crippen LogP contribution >= 0.6 is 11.3 Å². The summed E-state index contributed by atoms with van der Waals surface area (Å²) in [5, 5.41) is 0.466. The van der Waals surface area contributed by atoms with Crippen molar-refractivity contribution >= 4 is 21.6 Å². The SMILES string of the molecule is COc1cc(-c2sc3c(c2C)c(=O)n(-c2ccc(F)cc2)c(=O)n3CC2CCCCO2)ccc1-n1cnc(C)c1. The van der Waals surface area contributed by atoms with E-state index in [-0.39, 0.29) is 6.10 Å². The van der Waals surface area contributed by atoms with Crippen molar-refractivity contribution in [1.29, 1.82) is 0 Å². The average Bonchev–Trinajstić information content (AvgIpc) is 3.55. The molecule has 0 radical (unpaired) electrons. The number of halogens is 1. The summed E-state index contributed by atoms with van der Waals surface area (Å²) < 4.78 is 30.1. The third-order valence-electron chi connectivity index (χ3n) is 7.39. The molecule has 0 saturated carbocycles. The summed E-state index contributed by atoms with van der Waals surface area (Å²) in [5.41, 5.74) is 2.81. The lowest BCUT2D eigenvalue weighted by molar-refractivity contribution is 0.00593. The van der Waals surface area contributed by atoms with Gasteiger partial charge in [0.15, 0.2) is 0 Å². The number of ether oxygens (including phenoxy) is 2. The summed E-state index contributed by atoms with van der Waals surface area (Å²) in [6.45, 7) is 4.81. The quantitative estimate of drug-likeness (QED) is 0.278. The molecule has 40 heavy (non-hydrogen) atoms. The molecule has 2 aromatic carbocycles. The van der Waals surface area contributed by atoms with Crippen molar-refractivity contribution in [2.24, 2.45) is 0 Å². The molecule has 1 fully saturated rings. The van der Waals surface area contributed by atoms with Crippen LogP contribution < -0.4 is 16.0 Å². The maximum atomic E-state index is 13.9. The van der Waals surface area contributed by atoms with E-state index < -0.39 is 17.1 Å². The maximum absolute atomic E-state index is 13.9. The maximum Gasteiger partial charge on any atom is 0.336 e. The predicted octanol–water partition coefficient (Wildman–Crippen LogP) is 5.40. The smallest absolute Gasteiger partial charge is 0.336 e. The third kappa shape index (κ3) is 4.56.